The Bertz CT molecular complexity index is 477. The number of hydrogen-bond acceptors (Lipinski definition) is 3. The van der Waals surface area contributed by atoms with Gasteiger partial charge in [0.15, 0.2) is 0 Å². The molecule has 3 rings (SSSR count). The highest BCUT2D eigenvalue weighted by atomic mass is 35.5. The van der Waals surface area contributed by atoms with Gasteiger partial charge in [-0.15, -0.1) is 0 Å². The molecule has 1 atom stereocenters. The molecule has 1 aromatic rings. The Labute approximate surface area is 119 Å². The molecule has 2 saturated heterocycles. The molecule has 1 unspecified atom stereocenters. The van der Waals surface area contributed by atoms with Gasteiger partial charge in [-0.1, -0.05) is 11.6 Å². The lowest BCUT2D eigenvalue weighted by molar-refractivity contribution is 0.112. The smallest absolute Gasteiger partial charge is 0.150 e. The van der Waals surface area contributed by atoms with Gasteiger partial charge in [-0.2, -0.15) is 0 Å². The van der Waals surface area contributed by atoms with Gasteiger partial charge in [-0.25, -0.2) is 0 Å². The fourth-order valence-corrected chi connectivity index (χ4v) is 3.59. The van der Waals surface area contributed by atoms with Crippen molar-refractivity contribution in [2.45, 2.75) is 25.3 Å². The second kappa shape index (κ2) is 5.51. The third kappa shape index (κ3) is 2.63. The molecule has 2 aliphatic rings. The first-order chi connectivity index (χ1) is 9.28. The van der Waals surface area contributed by atoms with E-state index >= 15 is 0 Å². The number of nitrogens with zero attached hydrogens (tertiary/aromatic N) is 2. The number of anilines is 1. The summed E-state index contributed by atoms with van der Waals surface area (Å²) in [6, 6.07) is 6.27. The van der Waals surface area contributed by atoms with Gasteiger partial charge in [-0.05, 0) is 44.0 Å². The number of halogens is 1. The lowest BCUT2D eigenvalue weighted by atomic mass is 10.1. The zero-order valence-corrected chi connectivity index (χ0v) is 11.8. The van der Waals surface area contributed by atoms with Crippen LogP contribution in [-0.2, 0) is 0 Å². The van der Waals surface area contributed by atoms with Gasteiger partial charge in [0.1, 0.15) is 6.29 Å². The van der Waals surface area contributed by atoms with Gasteiger partial charge in [0.2, 0.25) is 0 Å². The SMILES string of the molecule is O=Cc1ccc(N2CCCN3CCCC3C2)c(Cl)c1. The predicted octanol–water partition coefficient (Wildman–Crippen LogP) is 2.83. The average Bonchev–Trinajstić information content (AvgIpc) is 2.76. The molecule has 0 aliphatic carbocycles. The van der Waals surface area contributed by atoms with Crippen LogP contribution >= 0.6 is 11.6 Å². The van der Waals surface area contributed by atoms with E-state index in [9.17, 15) is 4.79 Å². The second-order valence-corrected chi connectivity index (χ2v) is 5.87. The molecule has 2 aliphatic heterocycles. The monoisotopic (exact) mass is 278 g/mol. The van der Waals surface area contributed by atoms with Crippen LogP contribution in [-0.4, -0.2) is 43.4 Å². The normalized spacial score (nSPS) is 24.1. The standard InChI is InChI=1S/C15H19ClN2O/c16-14-9-12(11-19)4-5-15(14)18-8-2-7-17-6-1-3-13(17)10-18/h4-5,9,11,13H,1-3,6-8,10H2. The molecule has 0 radical (unpaired) electrons. The summed E-state index contributed by atoms with van der Waals surface area (Å²) < 4.78 is 0. The number of aldehydes is 1. The van der Waals surface area contributed by atoms with E-state index in [1.165, 1.54) is 32.4 Å². The number of fused-ring (bicyclic) bond motifs is 1. The number of rotatable bonds is 2. The Kier molecular flexibility index (Phi) is 3.76. The number of hydrogen-bond donors (Lipinski definition) is 0. The maximum atomic E-state index is 10.8. The van der Waals surface area contributed by atoms with Gasteiger partial charge >= 0.3 is 0 Å². The van der Waals surface area contributed by atoms with Crippen molar-refractivity contribution in [3.8, 4) is 0 Å². The predicted molar refractivity (Wildman–Crippen MR) is 78.3 cm³/mol. The molecule has 19 heavy (non-hydrogen) atoms. The van der Waals surface area contributed by atoms with Crippen molar-refractivity contribution in [2.24, 2.45) is 0 Å². The first-order valence-corrected chi connectivity index (χ1v) is 7.39. The Morgan fingerprint density at radius 3 is 2.84 bits per heavy atom. The number of benzene rings is 1. The fourth-order valence-electron chi connectivity index (χ4n) is 3.28. The average molecular weight is 279 g/mol. The van der Waals surface area contributed by atoms with Crippen molar-refractivity contribution in [3.63, 3.8) is 0 Å². The molecule has 2 heterocycles. The first-order valence-electron chi connectivity index (χ1n) is 7.01. The second-order valence-electron chi connectivity index (χ2n) is 5.46. The molecule has 0 aromatic heterocycles. The summed E-state index contributed by atoms with van der Waals surface area (Å²) in [6.45, 7) is 4.55. The van der Waals surface area contributed by atoms with Crippen LogP contribution in [0.2, 0.25) is 5.02 Å². The van der Waals surface area contributed by atoms with Crippen molar-refractivity contribution >= 4 is 23.6 Å². The van der Waals surface area contributed by atoms with E-state index in [2.05, 4.69) is 9.80 Å². The molecular formula is C15H19ClN2O. The molecule has 0 spiro atoms. The third-order valence-electron chi connectivity index (χ3n) is 4.25. The topological polar surface area (TPSA) is 23.6 Å². The molecule has 102 valence electrons. The molecule has 0 bridgehead atoms. The minimum absolute atomic E-state index is 0.645. The zero-order valence-electron chi connectivity index (χ0n) is 11.0. The van der Waals surface area contributed by atoms with E-state index in [0.29, 0.717) is 16.6 Å². The van der Waals surface area contributed by atoms with E-state index < -0.39 is 0 Å². The maximum absolute atomic E-state index is 10.8. The van der Waals surface area contributed by atoms with Crippen LogP contribution in [0.15, 0.2) is 18.2 Å². The van der Waals surface area contributed by atoms with Crippen molar-refractivity contribution in [1.29, 1.82) is 0 Å². The summed E-state index contributed by atoms with van der Waals surface area (Å²) >= 11 is 6.32. The molecule has 0 saturated carbocycles. The molecular weight excluding hydrogens is 260 g/mol. The summed E-state index contributed by atoms with van der Waals surface area (Å²) in [6.07, 6.45) is 4.63. The van der Waals surface area contributed by atoms with Crippen molar-refractivity contribution in [2.75, 3.05) is 31.1 Å². The number of carbonyl (C=O) groups excluding carboxylic acids is 1. The lowest BCUT2D eigenvalue weighted by Gasteiger charge is -2.28. The number of carbonyl (C=O) groups is 1. The summed E-state index contributed by atoms with van der Waals surface area (Å²) in [4.78, 5) is 15.8. The van der Waals surface area contributed by atoms with Crippen LogP contribution in [0.4, 0.5) is 5.69 Å². The van der Waals surface area contributed by atoms with Gasteiger partial charge in [0, 0.05) is 31.2 Å². The van der Waals surface area contributed by atoms with Crippen molar-refractivity contribution in [1.82, 2.24) is 4.90 Å². The largest absolute Gasteiger partial charge is 0.369 e. The van der Waals surface area contributed by atoms with Crippen molar-refractivity contribution in [3.05, 3.63) is 28.8 Å². The Morgan fingerprint density at radius 1 is 1.21 bits per heavy atom. The Hall–Kier alpha value is -1.06. The van der Waals surface area contributed by atoms with Crippen molar-refractivity contribution < 1.29 is 4.79 Å². The summed E-state index contributed by atoms with van der Waals surface area (Å²) in [5.41, 5.74) is 1.71. The molecule has 0 amide bonds. The maximum Gasteiger partial charge on any atom is 0.150 e. The van der Waals surface area contributed by atoms with Gasteiger partial charge in [0.25, 0.3) is 0 Å². The van der Waals surface area contributed by atoms with Gasteiger partial charge < -0.3 is 4.90 Å². The van der Waals surface area contributed by atoms with E-state index in [-0.39, 0.29) is 0 Å². The minimum atomic E-state index is 0.645. The third-order valence-corrected chi connectivity index (χ3v) is 4.55. The van der Waals surface area contributed by atoms with Crippen LogP contribution in [0.5, 0.6) is 0 Å². The lowest BCUT2D eigenvalue weighted by Crippen LogP contribution is -2.36. The Balaban J connectivity index is 1.82. The first kappa shape index (κ1) is 12.9. The molecule has 0 N–H and O–H groups in total. The summed E-state index contributed by atoms with van der Waals surface area (Å²) in [5, 5.41) is 0.691. The fraction of sp³-hybridized carbons (Fsp3) is 0.533. The molecule has 2 fully saturated rings. The van der Waals surface area contributed by atoms with E-state index in [1.807, 2.05) is 12.1 Å². The highest BCUT2D eigenvalue weighted by Crippen LogP contribution is 2.30. The molecule has 1 aromatic carbocycles. The molecule has 3 nitrogen and oxygen atoms in total. The summed E-state index contributed by atoms with van der Waals surface area (Å²) in [7, 11) is 0. The van der Waals surface area contributed by atoms with Crippen LogP contribution in [0, 0.1) is 0 Å². The van der Waals surface area contributed by atoms with Gasteiger partial charge in [0.05, 0.1) is 10.7 Å². The van der Waals surface area contributed by atoms with Crippen LogP contribution in [0.3, 0.4) is 0 Å². The highest BCUT2D eigenvalue weighted by Gasteiger charge is 2.29. The van der Waals surface area contributed by atoms with Gasteiger partial charge in [-0.3, -0.25) is 9.69 Å². The van der Waals surface area contributed by atoms with Crippen LogP contribution in [0.25, 0.3) is 0 Å². The highest BCUT2D eigenvalue weighted by molar-refractivity contribution is 6.33. The van der Waals surface area contributed by atoms with Crippen LogP contribution in [0.1, 0.15) is 29.6 Å². The zero-order chi connectivity index (χ0) is 13.2. The van der Waals surface area contributed by atoms with E-state index in [4.69, 9.17) is 11.6 Å². The molecule has 4 heteroatoms. The Morgan fingerprint density at radius 2 is 2.05 bits per heavy atom. The van der Waals surface area contributed by atoms with E-state index in [0.717, 1.165) is 25.1 Å². The van der Waals surface area contributed by atoms with E-state index in [1.54, 1.807) is 6.07 Å². The quantitative estimate of drug-likeness (QED) is 0.777. The van der Waals surface area contributed by atoms with Crippen LogP contribution < -0.4 is 4.90 Å². The minimum Gasteiger partial charge on any atom is -0.369 e. The summed E-state index contributed by atoms with van der Waals surface area (Å²) in [5.74, 6) is 0.